The van der Waals surface area contributed by atoms with E-state index in [9.17, 15) is 0 Å². The van der Waals surface area contributed by atoms with Crippen LogP contribution in [0.5, 0.6) is 0 Å². The summed E-state index contributed by atoms with van der Waals surface area (Å²) in [5.74, 6) is 0. The maximum atomic E-state index is 7.32. The molecule has 0 unspecified atom stereocenters. The fourth-order valence-corrected chi connectivity index (χ4v) is 5.21. The van der Waals surface area contributed by atoms with Crippen molar-refractivity contribution in [2.45, 2.75) is 63.4 Å². The first-order chi connectivity index (χ1) is 12.3. The van der Waals surface area contributed by atoms with E-state index in [-0.39, 0.29) is 5.04 Å². The van der Waals surface area contributed by atoms with Crippen molar-refractivity contribution < 1.29 is 4.43 Å². The average molecular weight is 368 g/mol. The highest BCUT2D eigenvalue weighted by atomic mass is 28.4. The number of rotatable bonds is 5. The molecule has 0 aliphatic carbocycles. The molecule has 1 atom stereocenters. The molecule has 3 heteroatoms. The number of nitrogens with one attached hydrogen (secondary N) is 1. The Morgan fingerprint density at radius 1 is 0.885 bits per heavy atom. The highest BCUT2D eigenvalue weighted by molar-refractivity contribution is 6.74. The van der Waals surface area contributed by atoms with E-state index in [0.717, 1.165) is 13.0 Å². The van der Waals surface area contributed by atoms with Crippen molar-refractivity contribution in [3.63, 3.8) is 0 Å². The Morgan fingerprint density at radius 2 is 1.38 bits per heavy atom. The molecule has 1 fully saturated rings. The van der Waals surface area contributed by atoms with Crippen LogP contribution < -0.4 is 5.32 Å². The van der Waals surface area contributed by atoms with Crippen molar-refractivity contribution in [1.82, 2.24) is 5.32 Å². The summed E-state index contributed by atoms with van der Waals surface area (Å²) in [7, 11) is -2.01. The van der Waals surface area contributed by atoms with Gasteiger partial charge in [0.1, 0.15) is 5.60 Å². The van der Waals surface area contributed by atoms with Crippen LogP contribution in [0.2, 0.25) is 18.1 Å². The molecular formula is C23H33NOSi. The third kappa shape index (κ3) is 3.53. The van der Waals surface area contributed by atoms with Crippen molar-refractivity contribution in [1.29, 1.82) is 0 Å². The minimum atomic E-state index is -2.01. The Balaban J connectivity index is 2.22. The monoisotopic (exact) mass is 367 g/mol. The summed E-state index contributed by atoms with van der Waals surface area (Å²) in [5.41, 5.74) is 2.08. The number of benzene rings is 2. The molecule has 2 aromatic rings. The van der Waals surface area contributed by atoms with Gasteiger partial charge in [-0.25, -0.2) is 0 Å². The van der Waals surface area contributed by atoms with Gasteiger partial charge in [-0.05, 0) is 48.6 Å². The lowest BCUT2D eigenvalue weighted by Gasteiger charge is -2.49. The van der Waals surface area contributed by atoms with Crippen LogP contribution >= 0.6 is 0 Å². The van der Waals surface area contributed by atoms with Gasteiger partial charge in [0.05, 0.1) is 0 Å². The molecule has 0 spiro atoms. The Kier molecular flexibility index (Phi) is 5.43. The first kappa shape index (κ1) is 19.3. The highest BCUT2D eigenvalue weighted by Crippen LogP contribution is 2.47. The molecule has 26 heavy (non-hydrogen) atoms. The first-order valence-corrected chi connectivity index (χ1v) is 12.7. The summed E-state index contributed by atoms with van der Waals surface area (Å²) in [4.78, 5) is 0. The number of hydrogen-bond acceptors (Lipinski definition) is 2. The molecule has 0 radical (unpaired) electrons. The predicted octanol–water partition coefficient (Wildman–Crippen LogP) is 5.70. The van der Waals surface area contributed by atoms with E-state index in [2.05, 4.69) is 99.8 Å². The molecule has 1 heterocycles. The van der Waals surface area contributed by atoms with Gasteiger partial charge in [-0.1, -0.05) is 81.4 Å². The largest absolute Gasteiger partial charge is 0.402 e. The second kappa shape index (κ2) is 7.30. The average Bonchev–Trinajstić information content (AvgIpc) is 3.15. The van der Waals surface area contributed by atoms with Crippen molar-refractivity contribution >= 4 is 8.32 Å². The normalized spacial score (nSPS) is 18.9. The SMILES string of the molecule is CC(C)(C)[Si](C)(C)OC(c1ccccc1)(c1ccccc1)[C@H]1CCCN1. The van der Waals surface area contributed by atoms with Crippen LogP contribution in [0.1, 0.15) is 44.7 Å². The lowest BCUT2D eigenvalue weighted by atomic mass is 9.79. The molecule has 0 bridgehead atoms. The minimum absolute atomic E-state index is 0.153. The summed E-state index contributed by atoms with van der Waals surface area (Å²) in [6.07, 6.45) is 2.34. The summed E-state index contributed by atoms with van der Waals surface area (Å²) in [5, 5.41) is 3.92. The van der Waals surface area contributed by atoms with E-state index in [1.807, 2.05) is 0 Å². The molecule has 140 valence electrons. The fraction of sp³-hybridized carbons (Fsp3) is 0.478. The predicted molar refractivity (Wildman–Crippen MR) is 113 cm³/mol. The smallest absolute Gasteiger partial charge is 0.193 e. The van der Waals surface area contributed by atoms with E-state index in [1.165, 1.54) is 17.5 Å². The van der Waals surface area contributed by atoms with E-state index in [0.29, 0.717) is 6.04 Å². The summed E-state index contributed by atoms with van der Waals surface area (Å²) in [6.45, 7) is 12.8. The zero-order valence-electron chi connectivity index (χ0n) is 16.9. The van der Waals surface area contributed by atoms with Crippen molar-refractivity contribution in [3.8, 4) is 0 Å². The summed E-state index contributed by atoms with van der Waals surface area (Å²) >= 11 is 0. The van der Waals surface area contributed by atoms with Crippen LogP contribution in [-0.2, 0) is 10.0 Å². The molecule has 2 nitrogen and oxygen atoms in total. The molecular weight excluding hydrogens is 334 g/mol. The molecule has 1 saturated heterocycles. The van der Waals surface area contributed by atoms with Gasteiger partial charge < -0.3 is 9.74 Å². The number of hydrogen-bond donors (Lipinski definition) is 1. The van der Waals surface area contributed by atoms with Crippen LogP contribution in [0.15, 0.2) is 60.7 Å². The van der Waals surface area contributed by atoms with Gasteiger partial charge in [-0.2, -0.15) is 0 Å². The van der Waals surface area contributed by atoms with Crippen LogP contribution in [0.3, 0.4) is 0 Å². The maximum absolute atomic E-state index is 7.32. The Hall–Kier alpha value is -1.42. The molecule has 2 aromatic carbocycles. The Morgan fingerprint density at radius 3 is 1.77 bits per heavy atom. The van der Waals surface area contributed by atoms with E-state index in [1.54, 1.807) is 0 Å². The third-order valence-electron chi connectivity index (χ3n) is 6.18. The zero-order chi connectivity index (χ0) is 18.8. The quantitative estimate of drug-likeness (QED) is 0.684. The van der Waals surface area contributed by atoms with Gasteiger partial charge in [0, 0.05) is 6.04 Å². The van der Waals surface area contributed by atoms with E-state index in [4.69, 9.17) is 4.43 Å². The molecule has 0 amide bonds. The summed E-state index contributed by atoms with van der Waals surface area (Å²) < 4.78 is 7.32. The molecule has 0 aromatic heterocycles. The van der Waals surface area contributed by atoms with Gasteiger partial charge >= 0.3 is 0 Å². The first-order valence-electron chi connectivity index (χ1n) is 9.82. The van der Waals surface area contributed by atoms with E-state index >= 15 is 0 Å². The lowest BCUT2D eigenvalue weighted by Crippen LogP contribution is -2.56. The fourth-order valence-electron chi connectivity index (χ4n) is 3.72. The van der Waals surface area contributed by atoms with Gasteiger partial charge in [-0.3, -0.25) is 0 Å². The van der Waals surface area contributed by atoms with Crippen molar-refractivity contribution in [2.75, 3.05) is 6.54 Å². The zero-order valence-corrected chi connectivity index (χ0v) is 17.9. The molecule has 1 aliphatic rings. The summed E-state index contributed by atoms with van der Waals surface area (Å²) in [6, 6.07) is 22.0. The van der Waals surface area contributed by atoms with Gasteiger partial charge in [0.25, 0.3) is 0 Å². The van der Waals surface area contributed by atoms with Crippen LogP contribution in [0, 0.1) is 0 Å². The second-order valence-electron chi connectivity index (χ2n) is 8.98. The van der Waals surface area contributed by atoms with Crippen molar-refractivity contribution in [2.24, 2.45) is 0 Å². The minimum Gasteiger partial charge on any atom is -0.402 e. The Bertz CT molecular complexity index is 660. The van der Waals surface area contributed by atoms with Crippen LogP contribution in [0.25, 0.3) is 0 Å². The van der Waals surface area contributed by atoms with E-state index < -0.39 is 13.9 Å². The second-order valence-corrected chi connectivity index (χ2v) is 13.7. The standard InChI is InChI=1S/C23H33NOSi/c1-22(2,3)26(4,5)25-23(21-17-12-18-24-21,19-13-8-6-9-14-19)20-15-10-7-11-16-20/h6-11,13-16,21,24H,12,17-18H2,1-5H3/t21-/m1/s1. The molecule has 1 N–H and O–H groups in total. The lowest BCUT2D eigenvalue weighted by molar-refractivity contribution is 0.0562. The Labute approximate surface area is 160 Å². The van der Waals surface area contributed by atoms with Gasteiger partial charge in [-0.15, -0.1) is 0 Å². The third-order valence-corrected chi connectivity index (χ3v) is 10.6. The topological polar surface area (TPSA) is 21.3 Å². The highest BCUT2D eigenvalue weighted by Gasteiger charge is 2.51. The molecule has 1 aliphatic heterocycles. The van der Waals surface area contributed by atoms with Gasteiger partial charge in [0.2, 0.25) is 0 Å². The van der Waals surface area contributed by atoms with Crippen LogP contribution in [-0.4, -0.2) is 20.9 Å². The van der Waals surface area contributed by atoms with Crippen LogP contribution in [0.4, 0.5) is 0 Å². The van der Waals surface area contributed by atoms with Crippen molar-refractivity contribution in [3.05, 3.63) is 71.8 Å². The van der Waals surface area contributed by atoms with Gasteiger partial charge in [0.15, 0.2) is 8.32 Å². The molecule has 0 saturated carbocycles. The molecule has 3 rings (SSSR count). The maximum Gasteiger partial charge on any atom is 0.193 e.